The molecule has 0 aromatic heterocycles. The van der Waals surface area contributed by atoms with Crippen LogP contribution in [0.2, 0.25) is 0 Å². The number of hydrogen-bond donors (Lipinski definition) is 1. The van der Waals surface area contributed by atoms with Crippen molar-refractivity contribution in [2.75, 3.05) is 20.2 Å². The number of nitrogens with zero attached hydrogens (tertiary/aromatic N) is 1. The second-order valence-corrected chi connectivity index (χ2v) is 7.62. The summed E-state index contributed by atoms with van der Waals surface area (Å²) in [6.45, 7) is 7.17. The molecular formula is C18H34N2O. The zero-order valence-corrected chi connectivity index (χ0v) is 14.2. The van der Waals surface area contributed by atoms with E-state index in [0.29, 0.717) is 11.6 Å². The largest absolute Gasteiger partial charge is 0.381 e. The molecule has 21 heavy (non-hydrogen) atoms. The Labute approximate surface area is 130 Å². The second-order valence-electron chi connectivity index (χ2n) is 7.62. The first kappa shape index (κ1) is 15.8. The van der Waals surface area contributed by atoms with Crippen molar-refractivity contribution in [3.8, 4) is 0 Å². The van der Waals surface area contributed by atoms with Crippen LogP contribution in [0.25, 0.3) is 0 Å². The van der Waals surface area contributed by atoms with Gasteiger partial charge in [0.1, 0.15) is 0 Å². The first-order valence-corrected chi connectivity index (χ1v) is 9.25. The number of rotatable bonds is 5. The summed E-state index contributed by atoms with van der Waals surface area (Å²) in [5.74, 6) is 0.965. The summed E-state index contributed by atoms with van der Waals surface area (Å²) in [6, 6.07) is 1.55. The van der Waals surface area contributed by atoms with Crippen LogP contribution in [0.3, 0.4) is 0 Å². The van der Waals surface area contributed by atoms with Gasteiger partial charge < -0.3 is 10.1 Å². The Balaban J connectivity index is 1.73. The summed E-state index contributed by atoms with van der Waals surface area (Å²) in [6.07, 6.45) is 11.1. The zero-order chi connectivity index (χ0) is 14.9. The fourth-order valence-electron chi connectivity index (χ4n) is 4.64. The molecule has 3 rings (SSSR count). The topological polar surface area (TPSA) is 24.5 Å². The third-order valence-corrected chi connectivity index (χ3v) is 6.52. The van der Waals surface area contributed by atoms with Crippen LogP contribution in [-0.4, -0.2) is 48.8 Å². The van der Waals surface area contributed by atoms with E-state index in [1.165, 1.54) is 64.5 Å². The Kier molecular flexibility index (Phi) is 4.92. The van der Waals surface area contributed by atoms with E-state index in [1.807, 2.05) is 7.11 Å². The average Bonchev–Trinajstić information content (AvgIpc) is 3.39. The van der Waals surface area contributed by atoms with Crippen LogP contribution < -0.4 is 5.32 Å². The molecule has 0 aromatic rings. The van der Waals surface area contributed by atoms with E-state index in [-0.39, 0.29) is 0 Å². The quantitative estimate of drug-likeness (QED) is 0.843. The van der Waals surface area contributed by atoms with Gasteiger partial charge in [0.05, 0.1) is 6.10 Å². The van der Waals surface area contributed by atoms with E-state index in [1.54, 1.807) is 0 Å². The predicted octanol–water partition coefficient (Wildman–Crippen LogP) is 3.19. The van der Waals surface area contributed by atoms with Crippen LogP contribution in [0.5, 0.6) is 0 Å². The highest BCUT2D eigenvalue weighted by Gasteiger charge is 2.45. The van der Waals surface area contributed by atoms with Gasteiger partial charge in [-0.2, -0.15) is 0 Å². The zero-order valence-electron chi connectivity index (χ0n) is 14.2. The first-order valence-electron chi connectivity index (χ1n) is 9.25. The number of ether oxygens (including phenoxy) is 1. The lowest BCUT2D eigenvalue weighted by atomic mass is 9.83. The predicted molar refractivity (Wildman–Crippen MR) is 87.6 cm³/mol. The van der Waals surface area contributed by atoms with E-state index in [9.17, 15) is 0 Å². The van der Waals surface area contributed by atoms with Crippen molar-refractivity contribution in [1.29, 1.82) is 0 Å². The van der Waals surface area contributed by atoms with Crippen LogP contribution in [0.4, 0.5) is 0 Å². The molecule has 0 amide bonds. The van der Waals surface area contributed by atoms with Crippen molar-refractivity contribution in [3.63, 3.8) is 0 Å². The lowest BCUT2D eigenvalue weighted by Gasteiger charge is -2.52. The molecule has 1 aliphatic heterocycles. The van der Waals surface area contributed by atoms with Crippen molar-refractivity contribution in [1.82, 2.24) is 10.2 Å². The van der Waals surface area contributed by atoms with Gasteiger partial charge in [0.25, 0.3) is 0 Å². The van der Waals surface area contributed by atoms with Crippen LogP contribution in [0.15, 0.2) is 0 Å². The Hall–Kier alpha value is -0.120. The minimum atomic E-state index is 0.353. The minimum absolute atomic E-state index is 0.353. The Bertz CT molecular complexity index is 338. The van der Waals surface area contributed by atoms with Crippen LogP contribution in [-0.2, 0) is 4.74 Å². The highest BCUT2D eigenvalue weighted by atomic mass is 16.5. The standard InChI is InChI=1S/C18H34N2O/c1-4-18(5-2)13-20(17(12-19-18)14-9-10-14)15-7-6-8-16(11-15)21-3/h14-17,19H,4-13H2,1-3H3. The van der Waals surface area contributed by atoms with E-state index < -0.39 is 0 Å². The SMILES string of the molecule is CCC1(CC)CN(C2CCCC(OC)C2)C(C2CC2)CN1. The van der Waals surface area contributed by atoms with Gasteiger partial charge in [0.15, 0.2) is 0 Å². The second kappa shape index (κ2) is 6.55. The van der Waals surface area contributed by atoms with Crippen molar-refractivity contribution in [3.05, 3.63) is 0 Å². The van der Waals surface area contributed by atoms with Gasteiger partial charge in [-0.1, -0.05) is 13.8 Å². The third-order valence-electron chi connectivity index (χ3n) is 6.52. The molecule has 2 saturated carbocycles. The highest BCUT2D eigenvalue weighted by molar-refractivity contribution is 5.03. The number of hydrogen-bond acceptors (Lipinski definition) is 3. The summed E-state index contributed by atoms with van der Waals surface area (Å²) in [5, 5.41) is 3.92. The van der Waals surface area contributed by atoms with Crippen LogP contribution in [0, 0.1) is 5.92 Å². The fraction of sp³-hybridized carbons (Fsp3) is 1.00. The normalized spacial score (nSPS) is 37.6. The fourth-order valence-corrected chi connectivity index (χ4v) is 4.64. The maximum atomic E-state index is 5.69. The van der Waals surface area contributed by atoms with Gasteiger partial charge in [0.2, 0.25) is 0 Å². The summed E-state index contributed by atoms with van der Waals surface area (Å²) in [4.78, 5) is 2.91. The van der Waals surface area contributed by atoms with Crippen LogP contribution in [0.1, 0.15) is 65.2 Å². The number of nitrogens with one attached hydrogen (secondary N) is 1. The molecule has 1 saturated heterocycles. The van der Waals surface area contributed by atoms with Gasteiger partial charge in [-0.05, 0) is 57.3 Å². The first-order chi connectivity index (χ1) is 10.2. The molecule has 1 heterocycles. The number of piperazine rings is 1. The third kappa shape index (κ3) is 3.30. The molecule has 122 valence electrons. The van der Waals surface area contributed by atoms with Gasteiger partial charge in [-0.3, -0.25) is 4.90 Å². The molecular weight excluding hydrogens is 260 g/mol. The molecule has 0 bridgehead atoms. The molecule has 3 unspecified atom stereocenters. The smallest absolute Gasteiger partial charge is 0.0586 e. The molecule has 2 aliphatic carbocycles. The average molecular weight is 294 g/mol. The van der Waals surface area contributed by atoms with E-state index in [4.69, 9.17) is 4.74 Å². The molecule has 1 N–H and O–H groups in total. The van der Waals surface area contributed by atoms with E-state index in [0.717, 1.165) is 18.0 Å². The minimum Gasteiger partial charge on any atom is -0.381 e. The van der Waals surface area contributed by atoms with E-state index in [2.05, 4.69) is 24.1 Å². The van der Waals surface area contributed by atoms with Gasteiger partial charge in [-0.15, -0.1) is 0 Å². The lowest BCUT2D eigenvalue weighted by Crippen LogP contribution is -2.66. The van der Waals surface area contributed by atoms with Gasteiger partial charge in [0, 0.05) is 37.8 Å². The summed E-state index contributed by atoms with van der Waals surface area (Å²) in [7, 11) is 1.89. The summed E-state index contributed by atoms with van der Waals surface area (Å²) in [5.41, 5.74) is 0.353. The van der Waals surface area contributed by atoms with Crippen molar-refractivity contribution in [2.45, 2.75) is 88.9 Å². The molecule has 0 aromatic carbocycles. The molecule has 3 aliphatic rings. The monoisotopic (exact) mass is 294 g/mol. The molecule has 0 radical (unpaired) electrons. The molecule has 3 atom stereocenters. The maximum absolute atomic E-state index is 5.69. The summed E-state index contributed by atoms with van der Waals surface area (Å²) < 4.78 is 5.69. The lowest BCUT2D eigenvalue weighted by molar-refractivity contribution is -0.0224. The molecule has 0 spiro atoms. The number of methoxy groups -OCH3 is 1. The Morgan fingerprint density at radius 3 is 2.52 bits per heavy atom. The highest BCUT2D eigenvalue weighted by Crippen LogP contribution is 2.41. The maximum Gasteiger partial charge on any atom is 0.0586 e. The molecule has 3 heteroatoms. The van der Waals surface area contributed by atoms with Crippen LogP contribution >= 0.6 is 0 Å². The van der Waals surface area contributed by atoms with Crippen molar-refractivity contribution < 1.29 is 4.74 Å². The van der Waals surface area contributed by atoms with Gasteiger partial charge in [-0.25, -0.2) is 0 Å². The summed E-state index contributed by atoms with van der Waals surface area (Å²) >= 11 is 0. The van der Waals surface area contributed by atoms with E-state index >= 15 is 0 Å². The molecule has 3 fully saturated rings. The Morgan fingerprint density at radius 1 is 1.14 bits per heavy atom. The molecule has 3 nitrogen and oxygen atoms in total. The van der Waals surface area contributed by atoms with Crippen molar-refractivity contribution >= 4 is 0 Å². The van der Waals surface area contributed by atoms with Crippen molar-refractivity contribution in [2.24, 2.45) is 5.92 Å². The van der Waals surface area contributed by atoms with Gasteiger partial charge >= 0.3 is 0 Å². The Morgan fingerprint density at radius 2 is 1.90 bits per heavy atom.